The number of likely N-dealkylation sites (N-methyl/N-ethyl adjacent to an activating group) is 2. The van der Waals surface area contributed by atoms with E-state index in [0.717, 1.165) is 6.20 Å². The molecule has 8 heteroatoms. The zero-order chi connectivity index (χ0) is 13.0. The first-order chi connectivity index (χ1) is 7.95. The number of hydrogen-bond donors (Lipinski definition) is 2. The maximum Gasteiger partial charge on any atom is 0.241 e. The molecule has 3 N–H and O–H groups in total. The molecule has 0 unspecified atom stereocenters. The van der Waals surface area contributed by atoms with Gasteiger partial charge in [0.1, 0.15) is 0 Å². The lowest BCUT2D eigenvalue weighted by Gasteiger charge is -2.20. The number of aromatic nitrogens is 2. The molecular weight excluding hydrogens is 227 g/mol. The highest BCUT2D eigenvalue weighted by Crippen LogP contribution is 2.15. The minimum atomic E-state index is -0.613. The summed E-state index contributed by atoms with van der Waals surface area (Å²) in [6.45, 7) is 0.0188. The zero-order valence-electron chi connectivity index (χ0n) is 9.94. The fourth-order valence-electron chi connectivity index (χ4n) is 1.11. The van der Waals surface area contributed by atoms with Gasteiger partial charge < -0.3 is 9.80 Å². The number of halogens is 1. The fourth-order valence-corrected chi connectivity index (χ4v) is 1.11. The van der Waals surface area contributed by atoms with E-state index in [1.807, 2.05) is 0 Å². The average molecular weight is 242 g/mol. The molecule has 17 heavy (non-hydrogen) atoms. The van der Waals surface area contributed by atoms with Crippen LogP contribution in [0.15, 0.2) is 6.20 Å². The molecule has 0 saturated carbocycles. The molecule has 94 valence electrons. The topological polar surface area (TPSA) is 87.4 Å². The van der Waals surface area contributed by atoms with Gasteiger partial charge in [-0.2, -0.15) is 4.98 Å². The van der Waals surface area contributed by atoms with Crippen LogP contribution in [-0.2, 0) is 4.79 Å². The van der Waals surface area contributed by atoms with Crippen LogP contribution in [0.3, 0.4) is 0 Å². The second-order valence-electron chi connectivity index (χ2n) is 3.65. The van der Waals surface area contributed by atoms with Gasteiger partial charge in [0.25, 0.3) is 0 Å². The van der Waals surface area contributed by atoms with E-state index in [2.05, 4.69) is 15.4 Å². The van der Waals surface area contributed by atoms with Crippen molar-refractivity contribution in [1.29, 1.82) is 0 Å². The Morgan fingerprint density at radius 1 is 1.53 bits per heavy atom. The average Bonchev–Trinajstić information content (AvgIpc) is 2.29. The van der Waals surface area contributed by atoms with E-state index in [1.54, 1.807) is 21.1 Å². The molecule has 0 spiro atoms. The van der Waals surface area contributed by atoms with E-state index in [4.69, 9.17) is 5.84 Å². The molecule has 7 nitrogen and oxygen atoms in total. The second kappa shape index (κ2) is 5.39. The molecule has 0 saturated heterocycles. The van der Waals surface area contributed by atoms with Gasteiger partial charge in [0.05, 0.1) is 12.7 Å². The van der Waals surface area contributed by atoms with E-state index in [-0.39, 0.29) is 24.2 Å². The second-order valence-corrected chi connectivity index (χ2v) is 3.65. The van der Waals surface area contributed by atoms with Crippen LogP contribution in [0, 0.1) is 5.82 Å². The number of anilines is 2. The van der Waals surface area contributed by atoms with Gasteiger partial charge in [-0.3, -0.25) is 10.2 Å². The number of carbonyl (C=O) groups excluding carboxylic acids is 1. The number of hydrazine groups is 1. The number of nitrogens with one attached hydrogen (secondary N) is 1. The Balaban J connectivity index is 2.87. The van der Waals surface area contributed by atoms with Crippen LogP contribution < -0.4 is 16.2 Å². The molecule has 0 atom stereocenters. The molecule has 0 aliphatic carbocycles. The van der Waals surface area contributed by atoms with Crippen LogP contribution in [0.25, 0.3) is 0 Å². The van der Waals surface area contributed by atoms with Crippen molar-refractivity contribution in [3.8, 4) is 0 Å². The molecule has 0 aliphatic heterocycles. The molecule has 0 bridgehead atoms. The summed E-state index contributed by atoms with van der Waals surface area (Å²) in [6, 6.07) is 0. The van der Waals surface area contributed by atoms with Gasteiger partial charge in [0.2, 0.25) is 11.9 Å². The van der Waals surface area contributed by atoms with Crippen molar-refractivity contribution in [1.82, 2.24) is 14.9 Å². The summed E-state index contributed by atoms with van der Waals surface area (Å²) in [5.74, 6) is 4.46. The van der Waals surface area contributed by atoms with Crippen LogP contribution in [0.2, 0.25) is 0 Å². The normalized spacial score (nSPS) is 9.94. The number of rotatable bonds is 4. The molecule has 1 amide bonds. The van der Waals surface area contributed by atoms with Crippen molar-refractivity contribution in [2.45, 2.75) is 0 Å². The van der Waals surface area contributed by atoms with Crippen LogP contribution in [0.5, 0.6) is 0 Å². The number of nitrogens with zero attached hydrogens (tertiary/aromatic N) is 4. The van der Waals surface area contributed by atoms with E-state index in [1.165, 1.54) is 9.80 Å². The molecule has 0 aliphatic rings. The molecule has 0 aromatic carbocycles. The highest BCUT2D eigenvalue weighted by atomic mass is 19.1. The van der Waals surface area contributed by atoms with Crippen molar-refractivity contribution < 1.29 is 9.18 Å². The number of carbonyl (C=O) groups is 1. The van der Waals surface area contributed by atoms with E-state index in [9.17, 15) is 9.18 Å². The molecule has 1 aromatic rings. The third-order valence-corrected chi connectivity index (χ3v) is 2.09. The molecule has 1 rings (SSSR count). The first-order valence-corrected chi connectivity index (χ1v) is 4.86. The Bertz CT molecular complexity index is 410. The quantitative estimate of drug-likeness (QED) is 0.543. The van der Waals surface area contributed by atoms with Crippen molar-refractivity contribution in [2.75, 3.05) is 38.0 Å². The van der Waals surface area contributed by atoms with Crippen LogP contribution in [0.4, 0.5) is 16.2 Å². The fraction of sp³-hybridized carbons (Fsp3) is 0.444. The van der Waals surface area contributed by atoms with Gasteiger partial charge >= 0.3 is 0 Å². The van der Waals surface area contributed by atoms with Crippen LogP contribution in [0.1, 0.15) is 0 Å². The Morgan fingerprint density at radius 2 is 2.18 bits per heavy atom. The molecule has 1 heterocycles. The first kappa shape index (κ1) is 13.1. The van der Waals surface area contributed by atoms with Gasteiger partial charge in [-0.05, 0) is 0 Å². The number of hydrogen-bond acceptors (Lipinski definition) is 6. The van der Waals surface area contributed by atoms with Crippen LogP contribution >= 0.6 is 0 Å². The van der Waals surface area contributed by atoms with E-state index in [0.29, 0.717) is 0 Å². The summed E-state index contributed by atoms with van der Waals surface area (Å²) in [7, 11) is 4.81. The van der Waals surface area contributed by atoms with E-state index < -0.39 is 5.82 Å². The molecule has 0 fully saturated rings. The summed E-state index contributed by atoms with van der Waals surface area (Å²) >= 11 is 0. The Hall–Kier alpha value is -1.96. The third-order valence-electron chi connectivity index (χ3n) is 2.09. The van der Waals surface area contributed by atoms with Gasteiger partial charge in [-0.25, -0.2) is 15.2 Å². The predicted octanol–water partition coefficient (Wildman–Crippen LogP) is -0.574. The minimum absolute atomic E-state index is 0.0168. The summed E-state index contributed by atoms with van der Waals surface area (Å²) in [6.07, 6.45) is 0.994. The first-order valence-electron chi connectivity index (χ1n) is 4.86. The maximum atomic E-state index is 13.4. The highest BCUT2D eigenvalue weighted by molar-refractivity contribution is 5.80. The monoisotopic (exact) mass is 242 g/mol. The SMILES string of the molecule is CN(C)C(=O)CN(C)c1nc(NN)ncc1F. The van der Waals surface area contributed by atoms with Crippen molar-refractivity contribution in [3.05, 3.63) is 12.0 Å². The predicted molar refractivity (Wildman–Crippen MR) is 61.8 cm³/mol. The lowest BCUT2D eigenvalue weighted by molar-refractivity contribution is -0.127. The van der Waals surface area contributed by atoms with Gasteiger partial charge in [0, 0.05) is 21.1 Å². The summed E-state index contributed by atoms with van der Waals surface area (Å²) in [5.41, 5.74) is 2.21. The number of nitrogens with two attached hydrogens (primary N) is 1. The Kier molecular flexibility index (Phi) is 4.16. The van der Waals surface area contributed by atoms with Crippen molar-refractivity contribution in [2.24, 2.45) is 5.84 Å². The molecular formula is C9H15FN6O. The summed E-state index contributed by atoms with van der Waals surface area (Å²) in [5, 5.41) is 0. The van der Waals surface area contributed by atoms with Crippen molar-refractivity contribution in [3.63, 3.8) is 0 Å². The lowest BCUT2D eigenvalue weighted by Crippen LogP contribution is -2.35. The smallest absolute Gasteiger partial charge is 0.241 e. The minimum Gasteiger partial charge on any atom is -0.348 e. The van der Waals surface area contributed by atoms with Gasteiger partial charge in [-0.15, -0.1) is 0 Å². The highest BCUT2D eigenvalue weighted by Gasteiger charge is 2.15. The standard InChI is InChI=1S/C9H15FN6O/c1-15(2)7(17)5-16(3)8-6(10)4-12-9(13-8)14-11/h4H,5,11H2,1-3H3,(H,12,13,14). The Morgan fingerprint density at radius 3 is 2.71 bits per heavy atom. The maximum absolute atomic E-state index is 13.4. The lowest BCUT2D eigenvalue weighted by atomic mass is 10.4. The largest absolute Gasteiger partial charge is 0.348 e. The number of amides is 1. The van der Waals surface area contributed by atoms with E-state index >= 15 is 0 Å². The van der Waals surface area contributed by atoms with Gasteiger partial charge in [0.15, 0.2) is 11.6 Å². The van der Waals surface area contributed by atoms with Crippen LogP contribution in [-0.4, -0.2) is 48.5 Å². The Labute approximate surface area is 98.4 Å². The summed E-state index contributed by atoms with van der Waals surface area (Å²) < 4.78 is 13.4. The third kappa shape index (κ3) is 3.25. The van der Waals surface area contributed by atoms with Crippen molar-refractivity contribution >= 4 is 17.7 Å². The molecule has 0 radical (unpaired) electrons. The summed E-state index contributed by atoms with van der Waals surface area (Å²) in [4.78, 5) is 21.7. The van der Waals surface area contributed by atoms with Gasteiger partial charge in [-0.1, -0.05) is 0 Å². The molecule has 1 aromatic heterocycles. The zero-order valence-corrected chi connectivity index (χ0v) is 9.94. The number of nitrogen functional groups attached to an aromatic ring is 1.